The third kappa shape index (κ3) is 5.32. The van der Waals surface area contributed by atoms with Gasteiger partial charge in [0.1, 0.15) is 12.0 Å². The van der Waals surface area contributed by atoms with Gasteiger partial charge in [-0.2, -0.15) is 5.10 Å². The van der Waals surface area contributed by atoms with Crippen LogP contribution in [-0.2, 0) is 22.4 Å². The van der Waals surface area contributed by atoms with Crippen molar-refractivity contribution in [3.8, 4) is 11.4 Å². The van der Waals surface area contributed by atoms with E-state index >= 15 is 0 Å². The van der Waals surface area contributed by atoms with Gasteiger partial charge in [0.2, 0.25) is 0 Å². The van der Waals surface area contributed by atoms with Crippen LogP contribution in [-0.4, -0.2) is 48.8 Å². The van der Waals surface area contributed by atoms with Gasteiger partial charge in [-0.15, -0.1) is 0 Å². The predicted octanol–water partition coefficient (Wildman–Crippen LogP) is 5.53. The molecule has 3 heterocycles. The fourth-order valence-electron chi connectivity index (χ4n) is 4.93. The van der Waals surface area contributed by atoms with Crippen LogP contribution < -0.4 is 4.90 Å². The van der Waals surface area contributed by atoms with Gasteiger partial charge < -0.3 is 19.4 Å². The van der Waals surface area contributed by atoms with E-state index in [1.807, 2.05) is 0 Å². The van der Waals surface area contributed by atoms with Crippen molar-refractivity contribution in [3.63, 3.8) is 0 Å². The average Bonchev–Trinajstić information content (AvgIpc) is 3.43. The second-order valence-corrected chi connectivity index (χ2v) is 10.2. The van der Waals surface area contributed by atoms with Crippen molar-refractivity contribution in [2.24, 2.45) is 11.3 Å². The molecule has 1 aliphatic carbocycles. The minimum atomic E-state index is 0.415. The van der Waals surface area contributed by atoms with Crippen LogP contribution in [0.25, 0.3) is 22.3 Å². The quantitative estimate of drug-likeness (QED) is 0.501. The molecule has 6 heteroatoms. The highest BCUT2D eigenvalue weighted by molar-refractivity contribution is 5.88. The molecule has 6 nitrogen and oxygen atoms in total. The summed E-state index contributed by atoms with van der Waals surface area (Å²) in [6.07, 6.45) is 8.64. The van der Waals surface area contributed by atoms with Gasteiger partial charge >= 0.3 is 0 Å². The summed E-state index contributed by atoms with van der Waals surface area (Å²) in [6, 6.07) is 8.76. The number of aromatic nitrogens is 3. The van der Waals surface area contributed by atoms with E-state index in [0.717, 1.165) is 50.2 Å². The van der Waals surface area contributed by atoms with Crippen LogP contribution >= 0.6 is 0 Å². The molecule has 0 radical (unpaired) electrons. The van der Waals surface area contributed by atoms with Crippen LogP contribution in [0.5, 0.6) is 0 Å². The van der Waals surface area contributed by atoms with E-state index in [4.69, 9.17) is 4.74 Å². The largest absolute Gasteiger partial charge is 0.381 e. The van der Waals surface area contributed by atoms with E-state index in [-0.39, 0.29) is 0 Å². The maximum atomic E-state index is 10.0. The van der Waals surface area contributed by atoms with Crippen molar-refractivity contribution >= 4 is 22.9 Å². The molecule has 1 fully saturated rings. The molecule has 3 aromatic rings. The van der Waals surface area contributed by atoms with Gasteiger partial charge in [0, 0.05) is 61.6 Å². The van der Waals surface area contributed by atoms with Crippen LogP contribution in [0.3, 0.4) is 0 Å². The van der Waals surface area contributed by atoms with Gasteiger partial charge in [-0.1, -0.05) is 26.3 Å². The number of carbonyl (C=O) groups excluding carboxylic acids is 1. The monoisotopic (exact) mass is 450 g/mol. The summed E-state index contributed by atoms with van der Waals surface area (Å²) in [5.74, 6) is 0.510. The lowest BCUT2D eigenvalue weighted by Crippen LogP contribution is -2.24. The summed E-state index contributed by atoms with van der Waals surface area (Å²) in [5.41, 5.74) is 7.75. The molecule has 2 unspecified atom stereocenters. The van der Waals surface area contributed by atoms with Gasteiger partial charge in [0.25, 0.3) is 0 Å². The average molecular weight is 451 g/mol. The van der Waals surface area contributed by atoms with Crippen molar-refractivity contribution in [1.29, 1.82) is 0 Å². The lowest BCUT2D eigenvalue weighted by atomic mass is 9.73. The van der Waals surface area contributed by atoms with Crippen molar-refractivity contribution in [3.05, 3.63) is 35.5 Å². The SMILES string of the molecule is CCC1(C)CCc2c(-c3cc4ccc(N(C)C)cc4[nH]3)n[nH]c2C1.O=CCC1CCCOC1. The first-order valence-corrected chi connectivity index (χ1v) is 12.3. The van der Waals surface area contributed by atoms with Crippen LogP contribution in [0.4, 0.5) is 5.69 Å². The van der Waals surface area contributed by atoms with Gasteiger partial charge in [0.05, 0.1) is 5.69 Å². The van der Waals surface area contributed by atoms with Crippen LogP contribution in [0.15, 0.2) is 24.3 Å². The molecule has 2 aromatic heterocycles. The van der Waals surface area contributed by atoms with Crippen LogP contribution in [0, 0.1) is 11.3 Å². The van der Waals surface area contributed by atoms with E-state index in [2.05, 4.69) is 72.3 Å². The zero-order chi connectivity index (χ0) is 23.4. The van der Waals surface area contributed by atoms with Gasteiger partial charge in [0.15, 0.2) is 0 Å². The zero-order valence-corrected chi connectivity index (χ0v) is 20.5. The van der Waals surface area contributed by atoms with E-state index in [1.54, 1.807) is 0 Å². The number of hydrogen-bond acceptors (Lipinski definition) is 4. The lowest BCUT2D eigenvalue weighted by Gasteiger charge is -2.32. The highest BCUT2D eigenvalue weighted by atomic mass is 16.5. The van der Waals surface area contributed by atoms with Crippen LogP contribution in [0.2, 0.25) is 0 Å². The Kier molecular flexibility index (Phi) is 7.23. The molecule has 0 saturated carbocycles. The Morgan fingerprint density at radius 3 is 2.85 bits per heavy atom. The fraction of sp³-hybridized carbons (Fsp3) is 0.556. The smallest absolute Gasteiger partial charge is 0.120 e. The molecule has 5 rings (SSSR count). The Balaban J connectivity index is 0.000000243. The molecule has 2 aliphatic rings. The number of hydrogen-bond donors (Lipinski definition) is 2. The van der Waals surface area contributed by atoms with Gasteiger partial charge in [-0.3, -0.25) is 5.10 Å². The van der Waals surface area contributed by atoms with Crippen molar-refractivity contribution in [2.45, 2.75) is 58.8 Å². The number of nitrogens with zero attached hydrogens (tertiary/aromatic N) is 2. The molecule has 0 bridgehead atoms. The standard InChI is InChI=1S/C20H26N4.C7H12O2/c1-5-20(2)9-8-15-18(12-20)22-23-19(15)17-10-13-6-7-14(24(3)4)11-16(13)21-17;8-4-3-7-2-1-5-9-6-7/h6-7,10-11,21H,5,8-9,12H2,1-4H3,(H,22,23);4,7H,1-3,5-6H2. The first kappa shape index (κ1) is 23.6. The molecule has 2 N–H and O–H groups in total. The number of H-pyrrole nitrogens is 2. The number of rotatable bonds is 5. The second-order valence-electron chi connectivity index (χ2n) is 10.2. The maximum Gasteiger partial charge on any atom is 0.120 e. The van der Waals surface area contributed by atoms with E-state index < -0.39 is 0 Å². The number of benzene rings is 1. The Morgan fingerprint density at radius 1 is 1.30 bits per heavy atom. The molecule has 0 amide bonds. The lowest BCUT2D eigenvalue weighted by molar-refractivity contribution is -0.109. The first-order valence-electron chi connectivity index (χ1n) is 12.3. The highest BCUT2D eigenvalue weighted by Crippen LogP contribution is 2.40. The topological polar surface area (TPSA) is 74.0 Å². The van der Waals surface area contributed by atoms with Crippen LogP contribution in [0.1, 0.15) is 57.2 Å². The Hall–Kier alpha value is -2.60. The summed E-state index contributed by atoms with van der Waals surface area (Å²) >= 11 is 0. The number of nitrogens with one attached hydrogen (secondary N) is 2. The summed E-state index contributed by atoms with van der Waals surface area (Å²) in [5, 5.41) is 9.20. The summed E-state index contributed by atoms with van der Waals surface area (Å²) < 4.78 is 5.18. The number of fused-ring (bicyclic) bond motifs is 2. The van der Waals surface area contributed by atoms with E-state index in [1.165, 1.54) is 47.1 Å². The molecule has 0 spiro atoms. The molecule has 1 saturated heterocycles. The number of aromatic amines is 2. The van der Waals surface area contributed by atoms with Gasteiger partial charge in [-0.25, -0.2) is 0 Å². The minimum absolute atomic E-state index is 0.415. The summed E-state index contributed by atoms with van der Waals surface area (Å²) in [6.45, 7) is 6.36. The molecule has 178 valence electrons. The van der Waals surface area contributed by atoms with E-state index in [0.29, 0.717) is 17.8 Å². The Bertz CT molecular complexity index is 1080. The summed E-state index contributed by atoms with van der Waals surface area (Å²) in [7, 11) is 4.14. The first-order chi connectivity index (χ1) is 15.9. The van der Waals surface area contributed by atoms with Crippen molar-refractivity contribution < 1.29 is 9.53 Å². The van der Waals surface area contributed by atoms with Crippen molar-refractivity contribution in [1.82, 2.24) is 15.2 Å². The van der Waals surface area contributed by atoms with Crippen molar-refractivity contribution in [2.75, 3.05) is 32.2 Å². The number of aldehydes is 1. The predicted molar refractivity (Wildman–Crippen MR) is 135 cm³/mol. The normalized spacial score (nSPS) is 22.4. The molecule has 2 atom stereocenters. The Morgan fingerprint density at radius 2 is 2.15 bits per heavy atom. The maximum absolute atomic E-state index is 10.0. The highest BCUT2D eigenvalue weighted by Gasteiger charge is 2.31. The molecule has 1 aliphatic heterocycles. The third-order valence-corrected chi connectivity index (χ3v) is 7.45. The molecular formula is C27H38N4O2. The second kappa shape index (κ2) is 10.1. The fourth-order valence-corrected chi connectivity index (χ4v) is 4.93. The number of ether oxygens (including phenoxy) is 1. The Labute approximate surface area is 197 Å². The number of carbonyl (C=O) groups is 1. The molecule has 33 heavy (non-hydrogen) atoms. The zero-order valence-electron chi connectivity index (χ0n) is 20.5. The minimum Gasteiger partial charge on any atom is -0.381 e. The van der Waals surface area contributed by atoms with Gasteiger partial charge in [-0.05, 0) is 61.6 Å². The number of anilines is 1. The van der Waals surface area contributed by atoms with E-state index in [9.17, 15) is 4.79 Å². The summed E-state index contributed by atoms with van der Waals surface area (Å²) in [4.78, 5) is 15.7. The molecular weight excluding hydrogens is 412 g/mol. The molecule has 1 aromatic carbocycles. The third-order valence-electron chi connectivity index (χ3n) is 7.45.